The van der Waals surface area contributed by atoms with Crippen LogP contribution in [0.25, 0.3) is 32.3 Å². The first-order valence-corrected chi connectivity index (χ1v) is 14.7. The molecule has 39 heavy (non-hydrogen) atoms. The molecule has 0 spiro atoms. The maximum Gasteiger partial charge on any atom is 0.357 e. The summed E-state index contributed by atoms with van der Waals surface area (Å²) in [6, 6.07) is 28.5. The molecular weight excluding hydrogens is 478 g/mol. The first kappa shape index (κ1) is 24.3. The molecule has 2 atom stereocenters. The van der Waals surface area contributed by atoms with Gasteiger partial charge >= 0.3 is 5.97 Å². The number of hydrogen-bond acceptors (Lipinski definition) is 3. The lowest BCUT2D eigenvalue weighted by Crippen LogP contribution is -2.28. The fourth-order valence-electron chi connectivity index (χ4n) is 7.63. The fourth-order valence-corrected chi connectivity index (χ4v) is 7.63. The molecule has 2 unspecified atom stereocenters. The number of ether oxygens (including phenoxy) is 1. The van der Waals surface area contributed by atoms with E-state index in [0.717, 1.165) is 29.3 Å². The van der Waals surface area contributed by atoms with Crippen LogP contribution < -0.4 is 0 Å². The van der Waals surface area contributed by atoms with Crippen molar-refractivity contribution >= 4 is 38.3 Å². The van der Waals surface area contributed by atoms with Crippen LogP contribution in [0, 0.1) is 5.92 Å². The Hall–Kier alpha value is -3.72. The monoisotopic (exact) mass is 513 g/mol. The van der Waals surface area contributed by atoms with E-state index in [9.17, 15) is 4.79 Å². The van der Waals surface area contributed by atoms with Crippen molar-refractivity contribution in [2.24, 2.45) is 5.92 Å². The van der Waals surface area contributed by atoms with Gasteiger partial charge in [-0.05, 0) is 88.6 Å². The zero-order valence-corrected chi connectivity index (χ0v) is 22.7. The summed E-state index contributed by atoms with van der Waals surface area (Å²) in [5.41, 5.74) is 4.55. The third-order valence-corrected chi connectivity index (χ3v) is 9.34. The smallest absolute Gasteiger partial charge is 0.357 e. The summed E-state index contributed by atoms with van der Waals surface area (Å²) in [6.45, 7) is 2.21. The second-order valence-corrected chi connectivity index (χ2v) is 11.4. The van der Waals surface area contributed by atoms with Crippen molar-refractivity contribution in [3.05, 3.63) is 101 Å². The van der Waals surface area contributed by atoms with Crippen LogP contribution in [0.4, 0.5) is 0 Å². The predicted octanol–water partition coefficient (Wildman–Crippen LogP) is 9.11. The number of benzene rings is 4. The molecule has 5 aromatic rings. The highest BCUT2D eigenvalue weighted by molar-refractivity contribution is 6.09. The first-order chi connectivity index (χ1) is 19.2. The molecule has 1 saturated carbocycles. The third kappa shape index (κ3) is 4.19. The highest BCUT2D eigenvalue weighted by Gasteiger charge is 2.38. The van der Waals surface area contributed by atoms with Crippen molar-refractivity contribution in [3.63, 3.8) is 0 Å². The van der Waals surface area contributed by atoms with Crippen LogP contribution in [0.2, 0.25) is 0 Å². The maximum atomic E-state index is 13.0. The molecule has 196 valence electrons. The number of esters is 1. The van der Waals surface area contributed by atoms with Gasteiger partial charge in [-0.3, -0.25) is 0 Å². The van der Waals surface area contributed by atoms with Gasteiger partial charge in [-0.15, -0.1) is 0 Å². The molecular formula is C36H35NO2. The highest BCUT2D eigenvalue weighted by Crippen LogP contribution is 2.52. The van der Waals surface area contributed by atoms with Crippen molar-refractivity contribution in [1.29, 1.82) is 0 Å². The Kier molecular flexibility index (Phi) is 6.31. The maximum absolute atomic E-state index is 13.0. The van der Waals surface area contributed by atoms with E-state index in [-0.39, 0.29) is 11.9 Å². The van der Waals surface area contributed by atoms with Crippen LogP contribution in [0.3, 0.4) is 0 Å². The summed E-state index contributed by atoms with van der Waals surface area (Å²) in [6.07, 6.45) is 8.58. The van der Waals surface area contributed by atoms with Crippen LogP contribution >= 0.6 is 0 Å². The summed E-state index contributed by atoms with van der Waals surface area (Å²) < 4.78 is 5.46. The number of aryl methyl sites for hydroxylation is 1. The topological polar surface area (TPSA) is 39.2 Å². The molecule has 3 nitrogen and oxygen atoms in total. The number of aromatic nitrogens is 1. The zero-order valence-electron chi connectivity index (χ0n) is 22.7. The lowest BCUT2D eigenvalue weighted by molar-refractivity contribution is 0.0521. The number of rotatable bonds is 4. The molecule has 0 radical (unpaired) electrons. The van der Waals surface area contributed by atoms with Gasteiger partial charge in [-0.25, -0.2) is 9.78 Å². The Balaban J connectivity index is 1.40. The van der Waals surface area contributed by atoms with E-state index in [1.165, 1.54) is 64.8 Å². The largest absolute Gasteiger partial charge is 0.461 e. The van der Waals surface area contributed by atoms with E-state index in [1.54, 1.807) is 0 Å². The molecule has 0 aliphatic heterocycles. The number of nitrogens with zero attached hydrogens (tertiary/aromatic N) is 1. The Bertz CT molecular complexity index is 1700. The van der Waals surface area contributed by atoms with Crippen LogP contribution in [-0.2, 0) is 11.2 Å². The molecule has 7 rings (SSSR count). The normalized spacial score (nSPS) is 19.8. The van der Waals surface area contributed by atoms with Crippen LogP contribution in [-0.4, -0.2) is 17.6 Å². The molecule has 0 saturated heterocycles. The second-order valence-electron chi connectivity index (χ2n) is 11.4. The SMILES string of the molecule is CCOC(=O)c1nc(C2CCc3c(ccc4c3ccc3ccccc34)C2C2CCCCC2)cc2ccccc12. The van der Waals surface area contributed by atoms with E-state index in [4.69, 9.17) is 9.72 Å². The van der Waals surface area contributed by atoms with Crippen LogP contribution in [0.1, 0.15) is 84.6 Å². The molecule has 0 amide bonds. The Morgan fingerprint density at radius 2 is 1.54 bits per heavy atom. The van der Waals surface area contributed by atoms with Crippen molar-refractivity contribution in [3.8, 4) is 0 Å². The van der Waals surface area contributed by atoms with Gasteiger partial charge in [0.1, 0.15) is 0 Å². The molecule has 2 aliphatic rings. The van der Waals surface area contributed by atoms with Crippen molar-refractivity contribution in [2.45, 2.75) is 63.7 Å². The molecule has 1 aromatic heterocycles. The average Bonchev–Trinajstić information content (AvgIpc) is 3.00. The minimum absolute atomic E-state index is 0.288. The van der Waals surface area contributed by atoms with Crippen molar-refractivity contribution < 1.29 is 9.53 Å². The van der Waals surface area contributed by atoms with Gasteiger partial charge in [0.25, 0.3) is 0 Å². The lowest BCUT2D eigenvalue weighted by Gasteiger charge is -2.41. The third-order valence-electron chi connectivity index (χ3n) is 9.34. The summed E-state index contributed by atoms with van der Waals surface area (Å²) in [4.78, 5) is 18.1. The summed E-state index contributed by atoms with van der Waals surface area (Å²) in [5.74, 6) is 1.02. The molecule has 0 bridgehead atoms. The van der Waals surface area contributed by atoms with Gasteiger partial charge in [-0.2, -0.15) is 0 Å². The Morgan fingerprint density at radius 1 is 0.795 bits per heavy atom. The van der Waals surface area contributed by atoms with E-state index >= 15 is 0 Å². The molecule has 0 N–H and O–H groups in total. The molecule has 4 aromatic carbocycles. The van der Waals surface area contributed by atoms with E-state index in [0.29, 0.717) is 24.1 Å². The van der Waals surface area contributed by atoms with Gasteiger partial charge in [0, 0.05) is 17.0 Å². The predicted molar refractivity (Wildman–Crippen MR) is 160 cm³/mol. The number of fused-ring (bicyclic) bond motifs is 6. The number of hydrogen-bond donors (Lipinski definition) is 0. The highest BCUT2D eigenvalue weighted by atomic mass is 16.5. The number of carbonyl (C=O) groups excluding carboxylic acids is 1. The molecule has 3 heteroatoms. The fraction of sp³-hybridized carbons (Fsp3) is 0.333. The summed E-state index contributed by atoms with van der Waals surface area (Å²) >= 11 is 0. The van der Waals surface area contributed by atoms with Gasteiger partial charge in [-0.1, -0.05) is 92.1 Å². The number of pyridine rings is 1. The van der Waals surface area contributed by atoms with Crippen LogP contribution in [0.15, 0.2) is 78.9 Å². The average molecular weight is 514 g/mol. The molecule has 2 aliphatic carbocycles. The molecule has 1 heterocycles. The van der Waals surface area contributed by atoms with E-state index < -0.39 is 0 Å². The number of carbonyl (C=O) groups is 1. The van der Waals surface area contributed by atoms with Gasteiger partial charge in [0.15, 0.2) is 5.69 Å². The van der Waals surface area contributed by atoms with E-state index in [2.05, 4.69) is 60.7 Å². The quantitative estimate of drug-likeness (QED) is 0.178. The Labute approximate surface area is 230 Å². The van der Waals surface area contributed by atoms with Gasteiger partial charge < -0.3 is 4.74 Å². The van der Waals surface area contributed by atoms with Gasteiger partial charge in [0.05, 0.1) is 6.61 Å². The van der Waals surface area contributed by atoms with E-state index in [1.807, 2.05) is 25.1 Å². The first-order valence-electron chi connectivity index (χ1n) is 14.7. The van der Waals surface area contributed by atoms with Crippen LogP contribution in [0.5, 0.6) is 0 Å². The lowest BCUT2D eigenvalue weighted by atomic mass is 9.64. The van der Waals surface area contributed by atoms with Crippen molar-refractivity contribution in [1.82, 2.24) is 4.98 Å². The zero-order chi connectivity index (χ0) is 26.3. The minimum atomic E-state index is -0.321. The van der Waals surface area contributed by atoms with Crippen molar-refractivity contribution in [2.75, 3.05) is 6.61 Å². The Morgan fingerprint density at radius 3 is 2.36 bits per heavy atom. The standard InChI is InChI=1S/C36H35NO2/c1-2-39-36(38)35-27-15-9-7-13-25(27)22-33(37-35)32-21-19-30-29-17-16-23-10-6-8-14-26(23)28(29)18-20-31(30)34(32)24-11-4-3-5-12-24/h6-10,13-18,20,22,24,32,34H,2-5,11-12,19,21H2,1H3. The summed E-state index contributed by atoms with van der Waals surface area (Å²) in [7, 11) is 0. The summed E-state index contributed by atoms with van der Waals surface area (Å²) in [5, 5.41) is 7.36. The molecule has 1 fully saturated rings. The second kappa shape index (κ2) is 10.1. The minimum Gasteiger partial charge on any atom is -0.461 e. The van der Waals surface area contributed by atoms with Gasteiger partial charge in [0.2, 0.25) is 0 Å².